The molecular weight excluding hydrogens is 451 g/mol. The molecule has 3 rings (SSSR count). The molecule has 1 N–H and O–H groups in total. The minimum absolute atomic E-state index is 0.0253. The highest BCUT2D eigenvalue weighted by Gasteiger charge is 2.37. The Morgan fingerprint density at radius 2 is 1.80 bits per heavy atom. The minimum atomic E-state index is -3.49. The summed E-state index contributed by atoms with van der Waals surface area (Å²) in [5.74, 6) is -0.324. The van der Waals surface area contributed by atoms with Gasteiger partial charge in [0.05, 0.1) is 5.75 Å². The van der Waals surface area contributed by atoms with Crippen molar-refractivity contribution in [3.63, 3.8) is 0 Å². The summed E-state index contributed by atoms with van der Waals surface area (Å²) in [5, 5.41) is 2.85. The van der Waals surface area contributed by atoms with Gasteiger partial charge in [0.15, 0.2) is 0 Å². The van der Waals surface area contributed by atoms with Crippen LogP contribution in [0, 0.1) is 3.57 Å². The van der Waals surface area contributed by atoms with Crippen molar-refractivity contribution in [2.24, 2.45) is 0 Å². The molecule has 1 atom stereocenters. The average Bonchev–Trinajstić information content (AvgIpc) is 2.62. The monoisotopic (exact) mass is 470 g/mol. The fraction of sp³-hybridized carbons (Fsp3) is 0.278. The van der Waals surface area contributed by atoms with Crippen LogP contribution in [0.5, 0.6) is 0 Å². The molecule has 25 heavy (non-hydrogen) atoms. The van der Waals surface area contributed by atoms with Crippen LogP contribution in [0.25, 0.3) is 0 Å². The first-order valence-electron chi connectivity index (χ1n) is 8.03. The van der Waals surface area contributed by atoms with E-state index in [0.717, 1.165) is 14.7 Å². The lowest BCUT2D eigenvalue weighted by molar-refractivity contribution is -0.120. The molecule has 0 aromatic heterocycles. The number of nitrogens with one attached hydrogen (secondary N) is 1. The van der Waals surface area contributed by atoms with Gasteiger partial charge in [0.25, 0.3) is 0 Å². The van der Waals surface area contributed by atoms with E-state index in [1.54, 1.807) is 6.92 Å². The van der Waals surface area contributed by atoms with Gasteiger partial charge in [0.1, 0.15) is 6.04 Å². The van der Waals surface area contributed by atoms with Gasteiger partial charge < -0.3 is 5.32 Å². The molecule has 0 bridgehead atoms. The molecule has 132 valence electrons. The number of hydrogen-bond acceptors (Lipinski definition) is 3. The van der Waals surface area contributed by atoms with Crippen molar-refractivity contribution in [2.45, 2.75) is 25.9 Å². The van der Waals surface area contributed by atoms with Crippen molar-refractivity contribution in [2.75, 3.05) is 11.1 Å². The summed E-state index contributed by atoms with van der Waals surface area (Å²) in [5.41, 5.74) is 2.64. The van der Waals surface area contributed by atoms with Crippen molar-refractivity contribution >= 4 is 44.2 Å². The Balaban J connectivity index is 1.90. The molecule has 1 aliphatic heterocycles. The number of anilines is 1. The van der Waals surface area contributed by atoms with Crippen LogP contribution in [0.3, 0.4) is 0 Å². The maximum atomic E-state index is 12.8. The number of amides is 1. The zero-order valence-electron chi connectivity index (χ0n) is 13.8. The quantitative estimate of drug-likeness (QED) is 0.699. The molecule has 0 saturated carbocycles. The van der Waals surface area contributed by atoms with Crippen molar-refractivity contribution in [1.82, 2.24) is 4.31 Å². The molecule has 1 heterocycles. The Morgan fingerprint density at radius 3 is 2.44 bits per heavy atom. The Hall–Kier alpha value is -1.45. The predicted octanol–water partition coefficient (Wildman–Crippen LogP) is 3.01. The van der Waals surface area contributed by atoms with E-state index in [2.05, 4.69) is 27.9 Å². The van der Waals surface area contributed by atoms with Crippen LogP contribution in [-0.2, 0) is 27.8 Å². The van der Waals surface area contributed by atoms with Crippen LogP contribution >= 0.6 is 22.6 Å². The van der Waals surface area contributed by atoms with Crippen LogP contribution in [-0.4, -0.2) is 30.4 Å². The zero-order chi connectivity index (χ0) is 18.0. The first-order valence-corrected chi connectivity index (χ1v) is 10.7. The van der Waals surface area contributed by atoms with Gasteiger partial charge in [0.2, 0.25) is 15.9 Å². The molecule has 1 amide bonds. The van der Waals surface area contributed by atoms with E-state index in [1.165, 1.54) is 4.31 Å². The number of hydrogen-bond donors (Lipinski definition) is 1. The molecular formula is C18H19IN2O3S. The van der Waals surface area contributed by atoms with Gasteiger partial charge >= 0.3 is 0 Å². The fourth-order valence-electron chi connectivity index (χ4n) is 2.94. The van der Waals surface area contributed by atoms with E-state index in [-0.39, 0.29) is 18.2 Å². The van der Waals surface area contributed by atoms with Crippen LogP contribution < -0.4 is 5.32 Å². The highest BCUT2D eigenvalue weighted by atomic mass is 127. The van der Waals surface area contributed by atoms with Gasteiger partial charge in [-0.25, -0.2) is 8.42 Å². The lowest BCUT2D eigenvalue weighted by Crippen LogP contribution is -2.51. The number of halogens is 1. The summed E-state index contributed by atoms with van der Waals surface area (Å²) in [7, 11) is -3.49. The van der Waals surface area contributed by atoms with Gasteiger partial charge in [-0.3, -0.25) is 4.79 Å². The Labute approximate surface area is 161 Å². The zero-order valence-corrected chi connectivity index (χ0v) is 16.7. The maximum Gasteiger partial charge on any atom is 0.243 e. The lowest BCUT2D eigenvalue weighted by Gasteiger charge is -2.34. The maximum absolute atomic E-state index is 12.8. The fourth-order valence-corrected chi connectivity index (χ4v) is 4.52. The Kier molecular flexibility index (Phi) is 5.45. The van der Waals surface area contributed by atoms with Crippen LogP contribution in [0.1, 0.15) is 18.1 Å². The van der Waals surface area contributed by atoms with Crippen LogP contribution in [0.4, 0.5) is 5.69 Å². The summed E-state index contributed by atoms with van der Waals surface area (Å²) < 4.78 is 27.4. The van der Waals surface area contributed by atoms with E-state index < -0.39 is 16.1 Å². The number of benzene rings is 2. The minimum Gasteiger partial charge on any atom is -0.325 e. The number of fused-ring (bicyclic) bond motifs is 1. The van der Waals surface area contributed by atoms with Gasteiger partial charge in [0, 0.05) is 15.8 Å². The third-order valence-electron chi connectivity index (χ3n) is 4.34. The van der Waals surface area contributed by atoms with Gasteiger partial charge in [-0.15, -0.1) is 0 Å². The number of sulfonamides is 1. The normalized spacial score (nSPS) is 17.8. The smallest absolute Gasteiger partial charge is 0.243 e. The predicted molar refractivity (Wildman–Crippen MR) is 107 cm³/mol. The van der Waals surface area contributed by atoms with Crippen molar-refractivity contribution in [3.05, 3.63) is 63.2 Å². The molecule has 0 aliphatic carbocycles. The van der Waals surface area contributed by atoms with E-state index >= 15 is 0 Å². The molecule has 7 heteroatoms. The molecule has 1 aliphatic rings. The Bertz CT molecular complexity index is 881. The molecule has 0 radical (unpaired) electrons. The standard InChI is InChI=1S/C18H19IN2O3S/c1-2-25(23,24)21-12-14-6-4-3-5-13(14)11-17(21)18(22)20-16-9-7-15(19)8-10-16/h3-10,17H,2,11-12H2,1H3,(H,20,22)/t17-/m1/s1. The summed E-state index contributed by atoms with van der Waals surface area (Å²) in [6, 6.07) is 14.4. The number of carbonyl (C=O) groups is 1. The summed E-state index contributed by atoms with van der Waals surface area (Å²) in [4.78, 5) is 12.8. The second-order valence-electron chi connectivity index (χ2n) is 5.93. The topological polar surface area (TPSA) is 66.5 Å². The molecule has 2 aromatic carbocycles. The van der Waals surface area contributed by atoms with E-state index in [9.17, 15) is 13.2 Å². The van der Waals surface area contributed by atoms with Crippen molar-refractivity contribution in [3.8, 4) is 0 Å². The van der Waals surface area contributed by atoms with E-state index in [1.807, 2.05) is 48.5 Å². The van der Waals surface area contributed by atoms with Gasteiger partial charge in [-0.05, 0) is 71.3 Å². The molecule has 0 saturated heterocycles. The van der Waals surface area contributed by atoms with Gasteiger partial charge in [-0.2, -0.15) is 4.31 Å². The largest absolute Gasteiger partial charge is 0.325 e. The number of carbonyl (C=O) groups excluding carboxylic acids is 1. The number of rotatable bonds is 4. The summed E-state index contributed by atoms with van der Waals surface area (Å²) in [6.07, 6.45) is 0.381. The first-order chi connectivity index (χ1) is 11.9. The van der Waals surface area contributed by atoms with E-state index in [0.29, 0.717) is 12.1 Å². The highest BCUT2D eigenvalue weighted by Crippen LogP contribution is 2.27. The van der Waals surface area contributed by atoms with E-state index in [4.69, 9.17) is 0 Å². The Morgan fingerprint density at radius 1 is 1.16 bits per heavy atom. The highest BCUT2D eigenvalue weighted by molar-refractivity contribution is 14.1. The van der Waals surface area contributed by atoms with Crippen LogP contribution in [0.2, 0.25) is 0 Å². The molecule has 0 fully saturated rings. The lowest BCUT2D eigenvalue weighted by atomic mass is 9.95. The summed E-state index contributed by atoms with van der Waals surface area (Å²) in [6.45, 7) is 1.83. The average molecular weight is 470 g/mol. The SMILES string of the molecule is CCS(=O)(=O)N1Cc2ccccc2C[C@@H]1C(=O)Nc1ccc(I)cc1. The molecule has 0 spiro atoms. The second kappa shape index (κ2) is 7.43. The van der Waals surface area contributed by atoms with Gasteiger partial charge in [-0.1, -0.05) is 24.3 Å². The third-order valence-corrected chi connectivity index (χ3v) is 6.89. The molecule has 2 aromatic rings. The molecule has 5 nitrogen and oxygen atoms in total. The first kappa shape index (κ1) is 18.3. The van der Waals surface area contributed by atoms with Crippen molar-refractivity contribution < 1.29 is 13.2 Å². The molecule has 0 unspecified atom stereocenters. The second-order valence-corrected chi connectivity index (χ2v) is 9.39. The third kappa shape index (κ3) is 4.04. The summed E-state index contributed by atoms with van der Waals surface area (Å²) >= 11 is 2.19. The number of nitrogens with zero attached hydrogens (tertiary/aromatic N) is 1. The van der Waals surface area contributed by atoms with Crippen LogP contribution in [0.15, 0.2) is 48.5 Å². The van der Waals surface area contributed by atoms with Crippen molar-refractivity contribution in [1.29, 1.82) is 0 Å².